The highest BCUT2D eigenvalue weighted by Gasteiger charge is 2.02. The maximum Gasteiger partial charge on any atom is 0.0240 e. The summed E-state index contributed by atoms with van der Waals surface area (Å²) >= 11 is 4.33. The van der Waals surface area contributed by atoms with Gasteiger partial charge in [-0.2, -0.15) is 12.6 Å². The highest BCUT2D eigenvalue weighted by atomic mass is 32.1. The van der Waals surface area contributed by atoms with Gasteiger partial charge in [-0.25, -0.2) is 0 Å². The van der Waals surface area contributed by atoms with Gasteiger partial charge in [0.2, 0.25) is 0 Å². The van der Waals surface area contributed by atoms with E-state index in [1.165, 1.54) is 5.57 Å². The fourth-order valence-corrected chi connectivity index (χ4v) is 0.773. The molecule has 0 bridgehead atoms. The Morgan fingerprint density at radius 2 is 2.00 bits per heavy atom. The van der Waals surface area contributed by atoms with Crippen LogP contribution in [0.2, 0.25) is 0 Å². The van der Waals surface area contributed by atoms with Crippen LogP contribution in [0.25, 0.3) is 0 Å². The largest absolute Gasteiger partial charge is 0.402 e. The average Bonchev–Trinajstić information content (AvgIpc) is 1.84. The predicted molar refractivity (Wildman–Crippen MR) is 45.6 cm³/mol. The molecule has 9 heavy (non-hydrogen) atoms. The molecule has 1 atom stereocenters. The molecule has 54 valence electrons. The fraction of sp³-hybridized carbons (Fsp3) is 0.714. The molecule has 0 aliphatic carbocycles. The maximum absolute atomic E-state index is 5.54. The number of hydrogen-bond acceptors (Lipinski definition) is 2. The second-order valence-electron chi connectivity index (χ2n) is 2.29. The Labute approximate surface area is 62.7 Å². The molecule has 0 aromatic carbocycles. The Bertz CT molecular complexity index is 114. The number of thiol groups is 1. The van der Waals surface area contributed by atoms with Gasteiger partial charge < -0.3 is 5.73 Å². The van der Waals surface area contributed by atoms with E-state index in [4.69, 9.17) is 5.73 Å². The lowest BCUT2D eigenvalue weighted by molar-refractivity contribution is 0.910. The average molecular weight is 145 g/mol. The Kier molecular flexibility index (Phi) is 3.78. The van der Waals surface area contributed by atoms with Crippen LogP contribution >= 0.6 is 12.6 Å². The maximum atomic E-state index is 5.54. The third-order valence-electron chi connectivity index (χ3n) is 1.51. The van der Waals surface area contributed by atoms with Crippen molar-refractivity contribution in [3.63, 3.8) is 0 Å². The van der Waals surface area contributed by atoms with E-state index >= 15 is 0 Å². The van der Waals surface area contributed by atoms with Gasteiger partial charge in [0.1, 0.15) is 0 Å². The normalized spacial score (nSPS) is 16.9. The quantitative estimate of drug-likeness (QED) is 0.571. The van der Waals surface area contributed by atoms with E-state index in [1.54, 1.807) is 0 Å². The van der Waals surface area contributed by atoms with Gasteiger partial charge in [-0.1, -0.05) is 6.92 Å². The Hall–Kier alpha value is -0.110. The van der Waals surface area contributed by atoms with Crippen LogP contribution in [0.15, 0.2) is 11.3 Å². The summed E-state index contributed by atoms with van der Waals surface area (Å²) < 4.78 is 0. The van der Waals surface area contributed by atoms with Crippen LogP contribution in [0.1, 0.15) is 27.2 Å². The van der Waals surface area contributed by atoms with E-state index in [0.717, 1.165) is 12.1 Å². The summed E-state index contributed by atoms with van der Waals surface area (Å²) in [6.45, 7) is 6.04. The minimum Gasteiger partial charge on any atom is -0.402 e. The van der Waals surface area contributed by atoms with Crippen molar-refractivity contribution < 1.29 is 0 Å². The van der Waals surface area contributed by atoms with Crippen LogP contribution < -0.4 is 5.73 Å². The van der Waals surface area contributed by atoms with Gasteiger partial charge in [0.05, 0.1) is 0 Å². The van der Waals surface area contributed by atoms with Crippen LogP contribution in [0.4, 0.5) is 0 Å². The number of rotatable bonds is 2. The van der Waals surface area contributed by atoms with Gasteiger partial charge in [0.15, 0.2) is 0 Å². The first-order valence-corrected chi connectivity index (χ1v) is 3.72. The summed E-state index contributed by atoms with van der Waals surface area (Å²) in [4.78, 5) is 0. The van der Waals surface area contributed by atoms with Gasteiger partial charge >= 0.3 is 0 Å². The molecule has 0 unspecified atom stereocenters. The lowest BCUT2D eigenvalue weighted by atomic mass is 10.1. The van der Waals surface area contributed by atoms with Crippen molar-refractivity contribution in [2.45, 2.75) is 32.4 Å². The standard InChI is InChI=1S/C7H15NS/c1-4-7(9)5(2)6(3)8/h7,9H,4,8H2,1-3H3/b6-5+/t7-/m0/s1. The van der Waals surface area contributed by atoms with Gasteiger partial charge in [0, 0.05) is 10.9 Å². The van der Waals surface area contributed by atoms with Gasteiger partial charge in [-0.05, 0) is 25.8 Å². The molecular weight excluding hydrogens is 130 g/mol. The Morgan fingerprint density at radius 3 is 2.11 bits per heavy atom. The van der Waals surface area contributed by atoms with Crippen molar-refractivity contribution in [2.24, 2.45) is 5.73 Å². The smallest absolute Gasteiger partial charge is 0.0240 e. The van der Waals surface area contributed by atoms with E-state index < -0.39 is 0 Å². The molecule has 0 saturated heterocycles. The van der Waals surface area contributed by atoms with E-state index in [-0.39, 0.29) is 0 Å². The molecule has 0 aromatic rings. The number of hydrogen-bond donors (Lipinski definition) is 2. The van der Waals surface area contributed by atoms with Crippen LogP contribution in [-0.2, 0) is 0 Å². The molecular formula is C7H15NS. The first kappa shape index (κ1) is 8.89. The first-order valence-electron chi connectivity index (χ1n) is 3.20. The van der Waals surface area contributed by atoms with Gasteiger partial charge in [-0.3, -0.25) is 0 Å². The number of nitrogens with two attached hydrogens (primary N) is 1. The van der Waals surface area contributed by atoms with Crippen LogP contribution in [0.5, 0.6) is 0 Å². The molecule has 0 aliphatic rings. The van der Waals surface area contributed by atoms with Crippen molar-refractivity contribution >= 4 is 12.6 Å². The van der Waals surface area contributed by atoms with Crippen molar-refractivity contribution in [3.05, 3.63) is 11.3 Å². The zero-order valence-corrected chi connectivity index (χ0v) is 7.20. The van der Waals surface area contributed by atoms with E-state index in [0.29, 0.717) is 5.25 Å². The third kappa shape index (κ3) is 2.80. The minimum absolute atomic E-state index is 0.343. The predicted octanol–water partition coefficient (Wildman–Crippen LogP) is 1.95. The third-order valence-corrected chi connectivity index (χ3v) is 2.26. The highest BCUT2D eigenvalue weighted by molar-refractivity contribution is 7.81. The summed E-state index contributed by atoms with van der Waals surface area (Å²) in [5.74, 6) is 0. The lowest BCUT2D eigenvalue weighted by Crippen LogP contribution is -2.05. The van der Waals surface area contributed by atoms with E-state index in [1.807, 2.05) is 13.8 Å². The highest BCUT2D eigenvalue weighted by Crippen LogP contribution is 2.13. The van der Waals surface area contributed by atoms with Crippen molar-refractivity contribution in [2.75, 3.05) is 0 Å². The van der Waals surface area contributed by atoms with Crippen molar-refractivity contribution in [1.29, 1.82) is 0 Å². The zero-order chi connectivity index (χ0) is 7.44. The van der Waals surface area contributed by atoms with E-state index in [2.05, 4.69) is 19.6 Å². The van der Waals surface area contributed by atoms with Crippen LogP contribution in [0.3, 0.4) is 0 Å². The summed E-state index contributed by atoms with van der Waals surface area (Å²) in [5.41, 5.74) is 7.64. The van der Waals surface area contributed by atoms with E-state index in [9.17, 15) is 0 Å². The Morgan fingerprint density at radius 1 is 1.56 bits per heavy atom. The monoisotopic (exact) mass is 145 g/mol. The van der Waals surface area contributed by atoms with Crippen molar-refractivity contribution in [3.8, 4) is 0 Å². The molecule has 0 fully saturated rings. The number of allylic oxidation sites excluding steroid dienone is 1. The molecule has 0 rings (SSSR count). The molecule has 0 spiro atoms. The summed E-state index contributed by atoms with van der Waals surface area (Å²) in [7, 11) is 0. The minimum atomic E-state index is 0.343. The van der Waals surface area contributed by atoms with Crippen LogP contribution in [0, 0.1) is 0 Å². The zero-order valence-electron chi connectivity index (χ0n) is 6.31. The second-order valence-corrected chi connectivity index (χ2v) is 2.91. The Balaban J connectivity index is 4.02. The molecule has 0 saturated carbocycles. The SMILES string of the molecule is CC[C@H](S)/C(C)=C(\C)N. The summed E-state index contributed by atoms with van der Waals surface area (Å²) in [6, 6.07) is 0. The molecule has 0 radical (unpaired) electrons. The van der Waals surface area contributed by atoms with Crippen LogP contribution in [-0.4, -0.2) is 5.25 Å². The topological polar surface area (TPSA) is 26.0 Å². The molecule has 2 heteroatoms. The van der Waals surface area contributed by atoms with Gasteiger partial charge in [0.25, 0.3) is 0 Å². The van der Waals surface area contributed by atoms with Crippen molar-refractivity contribution in [1.82, 2.24) is 0 Å². The van der Waals surface area contributed by atoms with Gasteiger partial charge in [-0.15, -0.1) is 0 Å². The lowest BCUT2D eigenvalue weighted by Gasteiger charge is -2.08. The molecule has 0 aliphatic heterocycles. The molecule has 0 aromatic heterocycles. The molecule has 0 heterocycles. The fourth-order valence-electron chi connectivity index (χ4n) is 0.569. The molecule has 2 N–H and O–H groups in total. The first-order chi connectivity index (χ1) is 4.09. The summed E-state index contributed by atoms with van der Waals surface area (Å²) in [5, 5.41) is 0.343. The second kappa shape index (κ2) is 3.83. The molecule has 1 nitrogen and oxygen atoms in total. The molecule has 0 amide bonds. The summed E-state index contributed by atoms with van der Waals surface area (Å²) in [6.07, 6.45) is 1.05.